The van der Waals surface area contributed by atoms with E-state index in [4.69, 9.17) is 9.72 Å². The van der Waals surface area contributed by atoms with Crippen LogP contribution in [0.15, 0.2) is 32.7 Å². The van der Waals surface area contributed by atoms with E-state index in [0.717, 1.165) is 30.3 Å². The van der Waals surface area contributed by atoms with Crippen LogP contribution in [0, 0.1) is 5.92 Å². The average Bonchev–Trinajstić information content (AvgIpc) is 3.36. The highest BCUT2D eigenvalue weighted by Crippen LogP contribution is 2.33. The Balaban J connectivity index is 1.62. The number of imidazole rings is 1. The lowest BCUT2D eigenvalue weighted by Gasteiger charge is -2.31. The van der Waals surface area contributed by atoms with Gasteiger partial charge in [-0.05, 0) is 50.9 Å². The van der Waals surface area contributed by atoms with E-state index in [2.05, 4.69) is 9.88 Å². The zero-order chi connectivity index (χ0) is 27.0. The quantitative estimate of drug-likeness (QED) is 0.483. The van der Waals surface area contributed by atoms with Crippen molar-refractivity contribution in [3.05, 3.63) is 39.0 Å². The fourth-order valence-electron chi connectivity index (χ4n) is 5.47. The van der Waals surface area contributed by atoms with Crippen molar-refractivity contribution < 1.29 is 13.2 Å². The lowest BCUT2D eigenvalue weighted by Crippen LogP contribution is -2.47. The van der Waals surface area contributed by atoms with Crippen molar-refractivity contribution >= 4 is 21.2 Å². The van der Waals surface area contributed by atoms with Crippen molar-refractivity contribution in [1.82, 2.24) is 28.3 Å². The van der Waals surface area contributed by atoms with Gasteiger partial charge in [0.1, 0.15) is 17.1 Å². The van der Waals surface area contributed by atoms with Crippen LogP contribution in [-0.2, 0) is 23.6 Å². The van der Waals surface area contributed by atoms with Gasteiger partial charge in [0.25, 0.3) is 5.56 Å². The van der Waals surface area contributed by atoms with Crippen molar-refractivity contribution in [3.8, 4) is 17.1 Å². The minimum Gasteiger partial charge on any atom is -0.493 e. The van der Waals surface area contributed by atoms with Crippen molar-refractivity contribution in [2.45, 2.75) is 50.5 Å². The molecule has 2 fully saturated rings. The molecule has 0 amide bonds. The number of ether oxygens (including phenoxy) is 1. The molecule has 3 heterocycles. The summed E-state index contributed by atoms with van der Waals surface area (Å²) < 4.78 is 36.9. The zero-order valence-electron chi connectivity index (χ0n) is 22.3. The molecule has 0 spiro atoms. The van der Waals surface area contributed by atoms with E-state index in [1.54, 1.807) is 22.8 Å². The molecule has 11 nitrogen and oxygen atoms in total. The van der Waals surface area contributed by atoms with Crippen LogP contribution >= 0.6 is 0 Å². The molecule has 1 saturated heterocycles. The van der Waals surface area contributed by atoms with Gasteiger partial charge in [-0.15, -0.1) is 0 Å². The highest BCUT2D eigenvalue weighted by atomic mass is 32.2. The normalized spacial score (nSPS) is 18.3. The maximum absolute atomic E-state index is 13.5. The van der Waals surface area contributed by atoms with Gasteiger partial charge in [-0.25, -0.2) is 18.2 Å². The molecule has 1 aliphatic carbocycles. The lowest BCUT2D eigenvalue weighted by molar-refractivity contribution is 0.222. The van der Waals surface area contributed by atoms with Crippen molar-refractivity contribution in [1.29, 1.82) is 0 Å². The Morgan fingerprint density at radius 3 is 2.45 bits per heavy atom. The van der Waals surface area contributed by atoms with Crippen molar-refractivity contribution in [2.75, 3.05) is 39.8 Å². The SMILES string of the molecule is CCOc1ccc(S(=O)(=O)N2CCN(C)CC2)cc1-c1nc2c([nH]1)c(=O)n(C)c(=O)n2CC1CCCCC1. The van der Waals surface area contributed by atoms with Crippen LogP contribution in [0.25, 0.3) is 22.6 Å². The molecule has 3 aromatic rings. The fourth-order valence-corrected chi connectivity index (χ4v) is 6.92. The number of hydrogen-bond acceptors (Lipinski definition) is 7. The van der Waals surface area contributed by atoms with Crippen LogP contribution < -0.4 is 16.0 Å². The Bertz CT molecular complexity index is 1540. The summed E-state index contributed by atoms with van der Waals surface area (Å²) in [6.45, 7) is 4.85. The van der Waals surface area contributed by atoms with Crippen LogP contribution in [0.1, 0.15) is 39.0 Å². The molecular weight excluding hydrogens is 508 g/mol. The first-order valence-electron chi connectivity index (χ1n) is 13.4. The number of nitrogens with one attached hydrogen (secondary N) is 1. The molecule has 0 atom stereocenters. The number of aromatic amines is 1. The van der Waals surface area contributed by atoms with Crippen LogP contribution in [-0.4, -0.2) is 76.6 Å². The van der Waals surface area contributed by atoms with Gasteiger partial charge < -0.3 is 14.6 Å². The van der Waals surface area contributed by atoms with Gasteiger partial charge in [-0.3, -0.25) is 13.9 Å². The third-order valence-electron chi connectivity index (χ3n) is 7.75. The van der Waals surface area contributed by atoms with Gasteiger partial charge in [-0.1, -0.05) is 19.3 Å². The fraction of sp³-hybridized carbons (Fsp3) is 0.577. The first-order valence-corrected chi connectivity index (χ1v) is 14.8. The third-order valence-corrected chi connectivity index (χ3v) is 9.64. The zero-order valence-corrected chi connectivity index (χ0v) is 23.1. The lowest BCUT2D eigenvalue weighted by atomic mass is 9.89. The number of benzene rings is 1. The second kappa shape index (κ2) is 10.7. The predicted molar refractivity (Wildman–Crippen MR) is 145 cm³/mol. The maximum atomic E-state index is 13.5. The van der Waals surface area contributed by atoms with Gasteiger partial charge in [0.2, 0.25) is 10.0 Å². The number of aromatic nitrogens is 4. The van der Waals surface area contributed by atoms with Gasteiger partial charge in [0, 0.05) is 39.8 Å². The van der Waals surface area contributed by atoms with E-state index < -0.39 is 21.3 Å². The van der Waals surface area contributed by atoms with Crippen LogP contribution in [0.4, 0.5) is 0 Å². The molecule has 5 rings (SSSR count). The number of H-pyrrole nitrogens is 1. The number of likely N-dealkylation sites (N-methyl/N-ethyl adjacent to an activating group) is 1. The molecule has 1 aromatic carbocycles. The Morgan fingerprint density at radius 2 is 1.76 bits per heavy atom. The Morgan fingerprint density at radius 1 is 1.05 bits per heavy atom. The minimum atomic E-state index is -3.74. The Hall–Kier alpha value is -2.96. The van der Waals surface area contributed by atoms with Crippen LogP contribution in [0.2, 0.25) is 0 Å². The van der Waals surface area contributed by atoms with Crippen LogP contribution in [0.5, 0.6) is 5.75 Å². The van der Waals surface area contributed by atoms with E-state index >= 15 is 0 Å². The number of rotatable bonds is 7. The average molecular weight is 545 g/mol. The molecule has 2 aliphatic rings. The Kier molecular flexibility index (Phi) is 7.47. The molecule has 206 valence electrons. The van der Waals surface area contributed by atoms with E-state index in [1.165, 1.54) is 17.8 Å². The molecule has 12 heteroatoms. The Labute approximate surface area is 222 Å². The van der Waals surface area contributed by atoms with Gasteiger partial charge in [-0.2, -0.15) is 4.31 Å². The van der Waals surface area contributed by atoms with E-state index in [1.807, 2.05) is 14.0 Å². The number of piperazine rings is 1. The standard InChI is InChI=1S/C26H36N6O5S/c1-4-37-21-11-10-19(38(35,36)31-14-12-29(2)13-15-31)16-20(21)23-27-22-24(28-23)32(26(34)30(3)25(22)33)17-18-8-6-5-7-9-18/h10-11,16,18H,4-9,12-15,17H2,1-3H3,(H,27,28). The highest BCUT2D eigenvalue weighted by Gasteiger charge is 2.29. The van der Waals surface area contributed by atoms with Crippen molar-refractivity contribution in [3.63, 3.8) is 0 Å². The molecular formula is C26H36N6O5S. The first kappa shape index (κ1) is 26.6. The first-order chi connectivity index (χ1) is 18.2. The van der Waals surface area contributed by atoms with E-state index in [0.29, 0.717) is 62.4 Å². The minimum absolute atomic E-state index is 0.133. The maximum Gasteiger partial charge on any atom is 0.332 e. The molecule has 1 aliphatic heterocycles. The number of nitrogens with zero attached hydrogens (tertiary/aromatic N) is 5. The molecule has 0 radical (unpaired) electrons. The van der Waals surface area contributed by atoms with E-state index in [9.17, 15) is 18.0 Å². The molecule has 38 heavy (non-hydrogen) atoms. The summed E-state index contributed by atoms with van der Waals surface area (Å²) in [7, 11) is -0.298. The largest absolute Gasteiger partial charge is 0.493 e. The molecule has 0 bridgehead atoms. The smallest absolute Gasteiger partial charge is 0.332 e. The third kappa shape index (κ3) is 4.92. The summed E-state index contributed by atoms with van der Waals surface area (Å²) in [5.74, 6) is 1.08. The number of fused-ring (bicyclic) bond motifs is 1. The monoisotopic (exact) mass is 544 g/mol. The van der Waals surface area contributed by atoms with Gasteiger partial charge in [0.05, 0.1) is 17.1 Å². The summed E-state index contributed by atoms with van der Waals surface area (Å²) in [5.41, 5.74) is 0.0588. The summed E-state index contributed by atoms with van der Waals surface area (Å²) in [6, 6.07) is 4.72. The highest BCUT2D eigenvalue weighted by molar-refractivity contribution is 7.89. The molecule has 1 N–H and O–H groups in total. The molecule has 1 saturated carbocycles. The van der Waals surface area contributed by atoms with Crippen LogP contribution in [0.3, 0.4) is 0 Å². The van der Waals surface area contributed by atoms with Crippen molar-refractivity contribution in [2.24, 2.45) is 13.0 Å². The predicted octanol–water partition coefficient (Wildman–Crippen LogP) is 2.01. The summed E-state index contributed by atoms with van der Waals surface area (Å²) in [6.07, 6.45) is 5.54. The number of sulfonamides is 1. The summed E-state index contributed by atoms with van der Waals surface area (Å²) >= 11 is 0. The summed E-state index contributed by atoms with van der Waals surface area (Å²) in [4.78, 5) is 36.2. The molecule has 2 aromatic heterocycles. The molecule has 0 unspecified atom stereocenters. The van der Waals surface area contributed by atoms with Gasteiger partial charge in [0.15, 0.2) is 5.65 Å². The summed E-state index contributed by atoms with van der Waals surface area (Å²) in [5, 5.41) is 0. The van der Waals surface area contributed by atoms with E-state index in [-0.39, 0.29) is 16.1 Å². The second-order valence-corrected chi connectivity index (χ2v) is 12.3. The van der Waals surface area contributed by atoms with Gasteiger partial charge >= 0.3 is 5.69 Å². The number of hydrogen-bond donors (Lipinski definition) is 1. The second-order valence-electron chi connectivity index (χ2n) is 10.3. The topological polar surface area (TPSA) is 123 Å².